The van der Waals surface area contributed by atoms with Crippen molar-refractivity contribution in [2.24, 2.45) is 0 Å². The van der Waals surface area contributed by atoms with Gasteiger partial charge in [0.2, 0.25) is 0 Å². The van der Waals surface area contributed by atoms with E-state index in [1.165, 1.54) is 4.90 Å². The van der Waals surface area contributed by atoms with Crippen LogP contribution in [-0.2, 0) is 9.53 Å². The summed E-state index contributed by atoms with van der Waals surface area (Å²) < 4.78 is 10.7. The highest BCUT2D eigenvalue weighted by Gasteiger charge is 2.37. The van der Waals surface area contributed by atoms with E-state index in [2.05, 4.69) is 0 Å². The molecule has 1 atom stereocenters. The summed E-state index contributed by atoms with van der Waals surface area (Å²) in [6.07, 6.45) is 0.877. The molecule has 0 unspecified atom stereocenters. The molecule has 0 radical (unpaired) electrons. The van der Waals surface area contributed by atoms with Crippen LogP contribution in [-0.4, -0.2) is 35.2 Å². The zero-order valence-corrected chi connectivity index (χ0v) is 12.7. The second-order valence-electron chi connectivity index (χ2n) is 6.07. The average Bonchev–Trinajstić information content (AvgIpc) is 2.87. The topological polar surface area (TPSA) is 55.8 Å². The summed E-state index contributed by atoms with van der Waals surface area (Å²) in [7, 11) is 0. The van der Waals surface area contributed by atoms with Crippen LogP contribution in [0.5, 0.6) is 5.75 Å². The van der Waals surface area contributed by atoms with Crippen molar-refractivity contribution in [2.45, 2.75) is 45.3 Å². The highest BCUT2D eigenvalue weighted by molar-refractivity contribution is 5.83. The lowest BCUT2D eigenvalue weighted by Gasteiger charge is -2.26. The van der Waals surface area contributed by atoms with Crippen molar-refractivity contribution >= 4 is 12.1 Å². The first-order valence-electron chi connectivity index (χ1n) is 7.13. The molecule has 21 heavy (non-hydrogen) atoms. The number of ether oxygens (including phenoxy) is 2. The number of carbonyl (C=O) groups is 2. The van der Waals surface area contributed by atoms with Crippen LogP contribution in [0.15, 0.2) is 30.3 Å². The lowest BCUT2D eigenvalue weighted by Crippen LogP contribution is -2.44. The van der Waals surface area contributed by atoms with E-state index in [1.807, 2.05) is 26.8 Å². The highest BCUT2D eigenvalue weighted by Crippen LogP contribution is 2.22. The van der Waals surface area contributed by atoms with Crippen molar-refractivity contribution in [1.82, 2.24) is 4.90 Å². The number of hydrogen-bond acceptors (Lipinski definition) is 4. The van der Waals surface area contributed by atoms with Gasteiger partial charge in [0.25, 0.3) is 0 Å². The van der Waals surface area contributed by atoms with E-state index >= 15 is 0 Å². The van der Waals surface area contributed by atoms with E-state index in [9.17, 15) is 9.59 Å². The van der Waals surface area contributed by atoms with E-state index in [0.29, 0.717) is 18.7 Å². The molecule has 114 valence electrons. The molecule has 0 aliphatic carbocycles. The minimum Gasteiger partial charge on any atom is -0.458 e. The molecule has 5 heteroatoms. The van der Waals surface area contributed by atoms with E-state index in [4.69, 9.17) is 9.47 Å². The van der Waals surface area contributed by atoms with Crippen molar-refractivity contribution in [3.63, 3.8) is 0 Å². The number of nitrogens with zero attached hydrogens (tertiary/aromatic N) is 1. The Morgan fingerprint density at radius 1 is 1.19 bits per heavy atom. The predicted octanol–water partition coefficient (Wildman–Crippen LogP) is 2.99. The highest BCUT2D eigenvalue weighted by atomic mass is 16.6. The monoisotopic (exact) mass is 291 g/mol. The number of likely N-dealkylation sites (tertiary alicyclic amines) is 1. The predicted molar refractivity (Wildman–Crippen MR) is 78.0 cm³/mol. The van der Waals surface area contributed by atoms with Crippen LogP contribution in [0.3, 0.4) is 0 Å². The molecule has 1 fully saturated rings. The van der Waals surface area contributed by atoms with Crippen LogP contribution < -0.4 is 4.74 Å². The number of amides is 1. The zero-order valence-electron chi connectivity index (χ0n) is 12.7. The van der Waals surface area contributed by atoms with E-state index in [-0.39, 0.29) is 5.97 Å². The van der Waals surface area contributed by atoms with Crippen molar-refractivity contribution in [2.75, 3.05) is 6.54 Å². The first-order chi connectivity index (χ1) is 9.87. The molecule has 0 bridgehead atoms. The normalized spacial score (nSPS) is 18.4. The number of para-hydroxylation sites is 1. The molecule has 0 N–H and O–H groups in total. The summed E-state index contributed by atoms with van der Waals surface area (Å²) in [5.74, 6) is 0.0994. The largest absolute Gasteiger partial charge is 0.458 e. The van der Waals surface area contributed by atoms with Gasteiger partial charge >= 0.3 is 12.1 Å². The quantitative estimate of drug-likeness (QED) is 0.786. The Kier molecular flexibility index (Phi) is 4.50. The van der Waals surface area contributed by atoms with Gasteiger partial charge in [-0.25, -0.2) is 9.59 Å². The number of esters is 1. The Hall–Kier alpha value is -2.04. The summed E-state index contributed by atoms with van der Waals surface area (Å²) in [5, 5.41) is 0. The van der Waals surface area contributed by atoms with Crippen LogP contribution in [0.2, 0.25) is 0 Å². The average molecular weight is 291 g/mol. The van der Waals surface area contributed by atoms with E-state index in [0.717, 1.165) is 6.42 Å². The molecule has 1 aromatic carbocycles. The first kappa shape index (κ1) is 15.4. The fraction of sp³-hybridized carbons (Fsp3) is 0.500. The molecular weight excluding hydrogens is 270 g/mol. The van der Waals surface area contributed by atoms with Gasteiger partial charge in [-0.15, -0.1) is 0 Å². The van der Waals surface area contributed by atoms with Gasteiger partial charge in [-0.1, -0.05) is 18.2 Å². The second kappa shape index (κ2) is 6.16. The van der Waals surface area contributed by atoms with Crippen LogP contribution in [0.1, 0.15) is 33.6 Å². The van der Waals surface area contributed by atoms with Gasteiger partial charge in [0, 0.05) is 6.54 Å². The third-order valence-corrected chi connectivity index (χ3v) is 3.11. The Labute approximate surface area is 124 Å². The van der Waals surface area contributed by atoms with Crippen molar-refractivity contribution in [3.05, 3.63) is 30.3 Å². The summed E-state index contributed by atoms with van der Waals surface area (Å²) in [6.45, 7) is 5.95. The molecule has 5 nitrogen and oxygen atoms in total. The minimum atomic E-state index is -0.561. The Bertz CT molecular complexity index is 507. The van der Waals surface area contributed by atoms with Crippen LogP contribution in [0.25, 0.3) is 0 Å². The standard InChI is InChI=1S/C16H21NO4/c1-16(2,3)21-14(18)13-10-7-11-17(13)15(19)20-12-8-5-4-6-9-12/h4-6,8-9,13H,7,10-11H2,1-3H3/t13-/m0/s1. The molecule has 2 rings (SSSR count). The van der Waals surface area contributed by atoms with Gasteiger partial charge in [0.15, 0.2) is 0 Å². The van der Waals surface area contributed by atoms with Crippen LogP contribution >= 0.6 is 0 Å². The number of carbonyl (C=O) groups excluding carboxylic acids is 2. The van der Waals surface area contributed by atoms with E-state index < -0.39 is 17.7 Å². The van der Waals surface area contributed by atoms with Crippen LogP contribution in [0, 0.1) is 0 Å². The first-order valence-corrected chi connectivity index (χ1v) is 7.13. The third-order valence-electron chi connectivity index (χ3n) is 3.11. The summed E-state index contributed by atoms with van der Waals surface area (Å²) >= 11 is 0. The molecule has 0 spiro atoms. The maximum Gasteiger partial charge on any atom is 0.415 e. The van der Waals surface area contributed by atoms with Gasteiger partial charge in [0.05, 0.1) is 0 Å². The van der Waals surface area contributed by atoms with Gasteiger partial charge < -0.3 is 9.47 Å². The number of hydrogen-bond donors (Lipinski definition) is 0. The minimum absolute atomic E-state index is 0.370. The van der Waals surface area contributed by atoms with Crippen LogP contribution in [0.4, 0.5) is 4.79 Å². The molecule has 1 aliphatic rings. The zero-order chi connectivity index (χ0) is 15.5. The Balaban J connectivity index is 2.01. The lowest BCUT2D eigenvalue weighted by atomic mass is 10.1. The van der Waals surface area contributed by atoms with Crippen molar-refractivity contribution in [1.29, 1.82) is 0 Å². The summed E-state index contributed by atoms with van der Waals surface area (Å²) in [6, 6.07) is 8.28. The number of rotatable bonds is 2. The molecule has 1 aliphatic heterocycles. The number of benzene rings is 1. The summed E-state index contributed by atoms with van der Waals surface area (Å²) in [5.41, 5.74) is -0.561. The smallest absolute Gasteiger partial charge is 0.415 e. The Morgan fingerprint density at radius 3 is 2.48 bits per heavy atom. The van der Waals surface area contributed by atoms with Gasteiger partial charge in [-0.05, 0) is 45.7 Å². The van der Waals surface area contributed by atoms with Crippen molar-refractivity contribution in [3.8, 4) is 5.75 Å². The summed E-state index contributed by atoms with van der Waals surface area (Å²) in [4.78, 5) is 25.8. The van der Waals surface area contributed by atoms with Crippen molar-refractivity contribution < 1.29 is 19.1 Å². The molecule has 1 amide bonds. The maximum absolute atomic E-state index is 12.2. The molecule has 1 heterocycles. The fourth-order valence-corrected chi connectivity index (χ4v) is 2.25. The maximum atomic E-state index is 12.2. The van der Waals surface area contributed by atoms with Gasteiger partial charge in [-0.2, -0.15) is 0 Å². The molecule has 1 aromatic rings. The Morgan fingerprint density at radius 2 is 1.86 bits per heavy atom. The second-order valence-corrected chi connectivity index (χ2v) is 6.07. The molecule has 1 saturated heterocycles. The van der Waals surface area contributed by atoms with Gasteiger partial charge in [0.1, 0.15) is 17.4 Å². The molecular formula is C16H21NO4. The third kappa shape index (κ3) is 4.21. The molecule has 0 saturated carbocycles. The van der Waals surface area contributed by atoms with Gasteiger partial charge in [-0.3, -0.25) is 4.90 Å². The molecule has 0 aromatic heterocycles. The SMILES string of the molecule is CC(C)(C)OC(=O)[C@@H]1CCCN1C(=O)Oc1ccccc1. The lowest BCUT2D eigenvalue weighted by molar-refractivity contribution is -0.159. The fourth-order valence-electron chi connectivity index (χ4n) is 2.25. The van der Waals surface area contributed by atoms with E-state index in [1.54, 1.807) is 24.3 Å².